The van der Waals surface area contributed by atoms with Crippen LogP contribution in [0, 0.1) is 6.92 Å². The third-order valence-corrected chi connectivity index (χ3v) is 4.95. The number of fused-ring (bicyclic) bond motifs is 1. The summed E-state index contributed by atoms with van der Waals surface area (Å²) < 4.78 is 16.9. The average Bonchev–Trinajstić information content (AvgIpc) is 3.09. The molecule has 26 heavy (non-hydrogen) atoms. The smallest absolute Gasteiger partial charge is 0.274 e. The minimum atomic E-state index is -0.242. The van der Waals surface area contributed by atoms with Crippen LogP contribution in [0.3, 0.4) is 0 Å². The molecule has 138 valence electrons. The Hall–Kier alpha value is -2.41. The zero-order valence-electron chi connectivity index (χ0n) is 14.9. The number of nitrogens with zero attached hydrogens (tertiary/aromatic N) is 2. The number of aromatic nitrogens is 2. The van der Waals surface area contributed by atoms with Gasteiger partial charge in [0.15, 0.2) is 5.69 Å². The van der Waals surface area contributed by atoms with E-state index < -0.39 is 0 Å². The topological polar surface area (TPSA) is 86.5 Å². The fourth-order valence-electron chi connectivity index (χ4n) is 3.49. The van der Waals surface area contributed by atoms with Crippen LogP contribution in [0.2, 0.25) is 0 Å². The minimum Gasteiger partial charge on any atom is -0.486 e. The molecule has 1 fully saturated rings. The predicted molar refractivity (Wildman–Crippen MR) is 93.2 cm³/mol. The summed E-state index contributed by atoms with van der Waals surface area (Å²) in [7, 11) is 0. The number of hydrogen-bond donors (Lipinski definition) is 1. The van der Waals surface area contributed by atoms with E-state index >= 15 is 0 Å². The summed E-state index contributed by atoms with van der Waals surface area (Å²) in [5.41, 5.74) is 2.29. The van der Waals surface area contributed by atoms with E-state index in [0.717, 1.165) is 42.7 Å². The Bertz CT molecular complexity index is 772. The van der Waals surface area contributed by atoms with Gasteiger partial charge in [0.25, 0.3) is 5.91 Å². The summed E-state index contributed by atoms with van der Waals surface area (Å²) >= 11 is 0. The third kappa shape index (κ3) is 3.58. The normalized spacial score (nSPS) is 22.5. The Kier molecular flexibility index (Phi) is 4.88. The van der Waals surface area contributed by atoms with Crippen molar-refractivity contribution >= 4 is 5.91 Å². The van der Waals surface area contributed by atoms with Crippen LogP contribution < -0.4 is 10.1 Å². The van der Waals surface area contributed by atoms with Gasteiger partial charge in [-0.3, -0.25) is 9.78 Å². The zero-order valence-corrected chi connectivity index (χ0v) is 14.9. The van der Waals surface area contributed by atoms with Gasteiger partial charge in [-0.25, -0.2) is 0 Å². The number of carbonyl (C=O) groups excluding carboxylic acids is 1. The number of aryl methyl sites for hydroxylation is 2. The van der Waals surface area contributed by atoms with E-state index in [4.69, 9.17) is 14.0 Å². The number of carbonyl (C=O) groups is 1. The van der Waals surface area contributed by atoms with Gasteiger partial charge < -0.3 is 19.3 Å². The van der Waals surface area contributed by atoms with Crippen molar-refractivity contribution in [3.05, 3.63) is 41.0 Å². The molecule has 7 heteroatoms. The lowest BCUT2D eigenvalue weighted by Crippen LogP contribution is -2.52. The van der Waals surface area contributed by atoms with Crippen molar-refractivity contribution in [1.29, 1.82) is 0 Å². The van der Waals surface area contributed by atoms with Crippen molar-refractivity contribution in [2.45, 2.75) is 51.2 Å². The number of amides is 1. The lowest BCUT2D eigenvalue weighted by molar-refractivity contribution is -0.00313. The van der Waals surface area contributed by atoms with Gasteiger partial charge in [0.05, 0.1) is 25.5 Å². The van der Waals surface area contributed by atoms with Gasteiger partial charge in [-0.2, -0.15) is 0 Å². The fourth-order valence-corrected chi connectivity index (χ4v) is 3.49. The molecule has 2 aromatic rings. The maximum absolute atomic E-state index is 12.7. The van der Waals surface area contributed by atoms with Crippen molar-refractivity contribution in [3.63, 3.8) is 0 Å². The van der Waals surface area contributed by atoms with Crippen LogP contribution in [0.1, 0.15) is 46.8 Å². The minimum absolute atomic E-state index is 0.167. The molecule has 0 bridgehead atoms. The first-order valence-electron chi connectivity index (χ1n) is 9.16. The van der Waals surface area contributed by atoms with E-state index in [9.17, 15) is 4.79 Å². The second-order valence-corrected chi connectivity index (χ2v) is 6.88. The SMILES string of the molecule is Cc1ccc(O[C@@H]2CCOC[C@@H]2NC(=O)c2noc3c2CCCC3)cn1. The van der Waals surface area contributed by atoms with Crippen LogP contribution in [0.4, 0.5) is 0 Å². The molecule has 3 heterocycles. The van der Waals surface area contributed by atoms with Gasteiger partial charge in [0, 0.05) is 24.1 Å². The Balaban J connectivity index is 1.45. The van der Waals surface area contributed by atoms with Crippen LogP contribution in [0.25, 0.3) is 0 Å². The largest absolute Gasteiger partial charge is 0.486 e. The van der Waals surface area contributed by atoms with E-state index in [1.807, 2.05) is 19.1 Å². The van der Waals surface area contributed by atoms with Crippen LogP contribution >= 0.6 is 0 Å². The highest BCUT2D eigenvalue weighted by atomic mass is 16.5. The molecule has 1 aliphatic heterocycles. The molecule has 2 aliphatic rings. The van der Waals surface area contributed by atoms with Gasteiger partial charge in [-0.1, -0.05) is 5.16 Å². The molecule has 1 saturated heterocycles. The summed E-state index contributed by atoms with van der Waals surface area (Å²) in [6, 6.07) is 3.56. The van der Waals surface area contributed by atoms with Crippen molar-refractivity contribution in [2.75, 3.05) is 13.2 Å². The van der Waals surface area contributed by atoms with Gasteiger partial charge in [0.1, 0.15) is 17.6 Å². The highest BCUT2D eigenvalue weighted by Crippen LogP contribution is 2.25. The first kappa shape index (κ1) is 17.0. The van der Waals surface area contributed by atoms with Gasteiger partial charge in [0.2, 0.25) is 0 Å². The number of pyridine rings is 1. The molecule has 7 nitrogen and oxygen atoms in total. The maximum Gasteiger partial charge on any atom is 0.274 e. The second-order valence-electron chi connectivity index (χ2n) is 6.88. The lowest BCUT2D eigenvalue weighted by atomic mass is 9.96. The zero-order chi connectivity index (χ0) is 17.9. The molecular formula is C19H23N3O4. The molecule has 1 amide bonds. The summed E-state index contributed by atoms with van der Waals surface area (Å²) in [6.45, 7) is 2.95. The van der Waals surface area contributed by atoms with Gasteiger partial charge in [-0.05, 0) is 38.3 Å². The Morgan fingerprint density at radius 3 is 3.04 bits per heavy atom. The summed E-state index contributed by atoms with van der Waals surface area (Å²) in [5.74, 6) is 1.32. The number of ether oxygens (including phenoxy) is 2. The fraction of sp³-hybridized carbons (Fsp3) is 0.526. The monoisotopic (exact) mass is 357 g/mol. The van der Waals surface area contributed by atoms with Crippen molar-refractivity contribution < 1.29 is 18.8 Å². The third-order valence-electron chi connectivity index (χ3n) is 4.95. The molecule has 4 rings (SSSR count). The summed E-state index contributed by atoms with van der Waals surface area (Å²) in [5, 5.41) is 7.02. The molecule has 2 atom stereocenters. The van der Waals surface area contributed by atoms with Gasteiger partial charge in [-0.15, -0.1) is 0 Å². The highest BCUT2D eigenvalue weighted by Gasteiger charge is 2.32. The van der Waals surface area contributed by atoms with Crippen molar-refractivity contribution in [2.24, 2.45) is 0 Å². The second kappa shape index (κ2) is 7.45. The lowest BCUT2D eigenvalue weighted by Gasteiger charge is -2.32. The first-order valence-corrected chi connectivity index (χ1v) is 9.16. The van der Waals surface area contributed by atoms with Gasteiger partial charge >= 0.3 is 0 Å². The van der Waals surface area contributed by atoms with E-state index in [2.05, 4.69) is 15.5 Å². The van der Waals surface area contributed by atoms with E-state index in [1.54, 1.807) is 6.20 Å². The highest BCUT2D eigenvalue weighted by molar-refractivity contribution is 5.94. The van der Waals surface area contributed by atoms with E-state index in [0.29, 0.717) is 31.1 Å². The van der Waals surface area contributed by atoms with Crippen LogP contribution in [-0.2, 0) is 17.6 Å². The Morgan fingerprint density at radius 2 is 2.19 bits per heavy atom. The van der Waals surface area contributed by atoms with Crippen molar-refractivity contribution in [3.8, 4) is 5.75 Å². The first-order chi connectivity index (χ1) is 12.7. The quantitative estimate of drug-likeness (QED) is 0.903. The van der Waals surface area contributed by atoms with E-state index in [-0.39, 0.29) is 18.1 Å². The Labute approximate surface area is 152 Å². The molecule has 1 aliphatic carbocycles. The maximum atomic E-state index is 12.7. The van der Waals surface area contributed by atoms with Crippen molar-refractivity contribution in [1.82, 2.24) is 15.5 Å². The molecule has 0 aromatic carbocycles. The van der Waals surface area contributed by atoms with Crippen LogP contribution in [0.15, 0.2) is 22.9 Å². The number of rotatable bonds is 4. The summed E-state index contributed by atoms with van der Waals surface area (Å²) in [6.07, 6.45) is 6.09. The molecule has 0 spiro atoms. The molecule has 2 aromatic heterocycles. The van der Waals surface area contributed by atoms with E-state index in [1.165, 1.54) is 0 Å². The van der Waals surface area contributed by atoms with Crippen LogP contribution in [0.5, 0.6) is 5.75 Å². The standard InChI is InChI=1S/C19H23N3O4/c1-12-6-7-13(10-20-12)25-17-8-9-24-11-15(17)21-19(23)18-14-4-2-3-5-16(14)26-22-18/h6-7,10,15,17H,2-5,8-9,11H2,1H3,(H,21,23)/t15-,17+/m0/s1. The average molecular weight is 357 g/mol. The molecule has 1 N–H and O–H groups in total. The number of nitrogens with one attached hydrogen (secondary N) is 1. The predicted octanol–water partition coefficient (Wildman–Crippen LogP) is 2.22. The van der Waals surface area contributed by atoms with Crippen LogP contribution in [-0.4, -0.2) is 41.4 Å². The molecule has 0 saturated carbocycles. The molecule has 0 radical (unpaired) electrons. The summed E-state index contributed by atoms with van der Waals surface area (Å²) in [4.78, 5) is 17.0. The molecular weight excluding hydrogens is 334 g/mol. The number of hydrogen-bond acceptors (Lipinski definition) is 6. The Morgan fingerprint density at radius 1 is 1.31 bits per heavy atom. The molecule has 0 unspecified atom stereocenters.